The summed E-state index contributed by atoms with van der Waals surface area (Å²) in [6.07, 6.45) is 5.90. The summed E-state index contributed by atoms with van der Waals surface area (Å²) in [4.78, 5) is 4.23. The quantitative estimate of drug-likeness (QED) is 0.603. The molecular formula is C11H14N6. The van der Waals surface area contributed by atoms with E-state index >= 15 is 0 Å². The number of nitrogens with one attached hydrogen (secondary N) is 1. The smallest absolute Gasteiger partial charge is 0.200 e. The average molecular weight is 230 g/mol. The Morgan fingerprint density at radius 1 is 1.29 bits per heavy atom. The molecule has 17 heavy (non-hydrogen) atoms. The zero-order valence-corrected chi connectivity index (χ0v) is 9.45. The van der Waals surface area contributed by atoms with Crippen molar-refractivity contribution < 1.29 is 0 Å². The highest BCUT2D eigenvalue weighted by Gasteiger charge is 2.08. The normalized spacial score (nSPS) is 10.4. The lowest BCUT2D eigenvalue weighted by molar-refractivity contribution is 0.550. The van der Waals surface area contributed by atoms with Crippen LogP contribution < -0.4 is 0 Å². The Bertz CT molecular complexity index is 464. The summed E-state index contributed by atoms with van der Waals surface area (Å²) in [5.74, 6) is 0.695. The predicted octanol–water partition coefficient (Wildman–Crippen LogP) is 1.55. The molecule has 0 unspecified atom stereocenters. The Morgan fingerprint density at radius 2 is 2.24 bits per heavy atom. The van der Waals surface area contributed by atoms with Crippen LogP contribution in [0.25, 0.3) is 11.5 Å². The number of hydrogen-bond donors (Lipinski definition) is 1. The topological polar surface area (TPSA) is 80.3 Å². The minimum Gasteiger partial charge on any atom is -0.313 e. The summed E-state index contributed by atoms with van der Waals surface area (Å²) in [6.45, 7) is 0.757. The van der Waals surface area contributed by atoms with Crippen molar-refractivity contribution in [2.24, 2.45) is 0 Å². The lowest BCUT2D eigenvalue weighted by Crippen LogP contribution is -2.03. The molecule has 88 valence electrons. The summed E-state index contributed by atoms with van der Waals surface area (Å²) >= 11 is 0. The number of pyridine rings is 1. The van der Waals surface area contributed by atoms with Crippen LogP contribution in [-0.4, -0.2) is 31.4 Å². The Kier molecular flexibility index (Phi) is 3.90. The first-order valence-electron chi connectivity index (χ1n) is 5.58. The molecule has 6 nitrogen and oxygen atoms in total. The fraction of sp³-hybridized carbons (Fsp3) is 0.364. The van der Waals surface area contributed by atoms with Crippen LogP contribution in [0.1, 0.15) is 19.3 Å². The van der Waals surface area contributed by atoms with E-state index in [1.165, 1.54) is 6.21 Å². The van der Waals surface area contributed by atoms with Crippen LogP contribution in [0.5, 0.6) is 0 Å². The number of nitrogens with zero attached hydrogens (tertiary/aromatic N) is 5. The van der Waals surface area contributed by atoms with Crippen molar-refractivity contribution in [3.63, 3.8) is 0 Å². The van der Waals surface area contributed by atoms with Gasteiger partial charge in [0.1, 0.15) is 5.69 Å². The third-order valence-corrected chi connectivity index (χ3v) is 2.39. The molecule has 2 aromatic heterocycles. The van der Waals surface area contributed by atoms with Gasteiger partial charge >= 0.3 is 0 Å². The molecule has 2 heterocycles. The zero-order chi connectivity index (χ0) is 11.9. The van der Waals surface area contributed by atoms with Gasteiger partial charge in [-0.1, -0.05) is 6.07 Å². The summed E-state index contributed by atoms with van der Waals surface area (Å²) in [6, 6.07) is 5.66. The van der Waals surface area contributed by atoms with Gasteiger partial charge in [0.15, 0.2) is 0 Å². The molecule has 0 aromatic carbocycles. The van der Waals surface area contributed by atoms with Crippen molar-refractivity contribution >= 4 is 6.21 Å². The maximum absolute atomic E-state index is 6.95. The van der Waals surface area contributed by atoms with E-state index in [4.69, 9.17) is 5.41 Å². The highest BCUT2D eigenvalue weighted by atomic mass is 15.5. The van der Waals surface area contributed by atoms with Crippen LogP contribution >= 0.6 is 0 Å². The fourth-order valence-electron chi connectivity index (χ4n) is 1.54. The molecule has 0 saturated heterocycles. The van der Waals surface area contributed by atoms with Crippen LogP contribution in [-0.2, 0) is 6.54 Å². The molecule has 6 heteroatoms. The van der Waals surface area contributed by atoms with Gasteiger partial charge in [0.05, 0.1) is 0 Å². The van der Waals surface area contributed by atoms with E-state index in [0.29, 0.717) is 5.82 Å². The molecule has 2 rings (SSSR count). The molecule has 0 aliphatic heterocycles. The molecular weight excluding hydrogens is 216 g/mol. The van der Waals surface area contributed by atoms with E-state index in [1.807, 2.05) is 18.2 Å². The van der Waals surface area contributed by atoms with Crippen molar-refractivity contribution in [2.45, 2.75) is 25.8 Å². The summed E-state index contributed by atoms with van der Waals surface area (Å²) in [5, 5.41) is 18.6. The summed E-state index contributed by atoms with van der Waals surface area (Å²) in [7, 11) is 0. The van der Waals surface area contributed by atoms with Crippen molar-refractivity contribution in [3.8, 4) is 11.5 Å². The second kappa shape index (κ2) is 5.83. The third kappa shape index (κ3) is 2.93. The lowest BCUT2D eigenvalue weighted by atomic mass is 10.2. The van der Waals surface area contributed by atoms with Gasteiger partial charge in [-0.3, -0.25) is 4.98 Å². The molecule has 0 saturated carbocycles. The molecule has 0 radical (unpaired) electrons. The molecule has 0 aliphatic rings. The van der Waals surface area contributed by atoms with E-state index in [2.05, 4.69) is 20.5 Å². The Hall–Kier alpha value is -2.11. The minimum absolute atomic E-state index is 0.695. The maximum Gasteiger partial charge on any atom is 0.200 e. The Balaban J connectivity index is 2.04. The summed E-state index contributed by atoms with van der Waals surface area (Å²) < 4.78 is 1.76. The molecule has 1 N–H and O–H groups in total. The highest BCUT2D eigenvalue weighted by molar-refractivity contribution is 5.52. The average Bonchev–Trinajstić information content (AvgIpc) is 2.84. The lowest BCUT2D eigenvalue weighted by Gasteiger charge is -2.02. The molecule has 0 spiro atoms. The Morgan fingerprint density at radius 3 is 3.00 bits per heavy atom. The molecule has 0 amide bonds. The van der Waals surface area contributed by atoms with Crippen LogP contribution in [0.2, 0.25) is 0 Å². The van der Waals surface area contributed by atoms with E-state index in [1.54, 1.807) is 10.9 Å². The largest absolute Gasteiger partial charge is 0.313 e. The van der Waals surface area contributed by atoms with E-state index in [-0.39, 0.29) is 0 Å². The van der Waals surface area contributed by atoms with Gasteiger partial charge < -0.3 is 5.41 Å². The molecule has 2 aromatic rings. The van der Waals surface area contributed by atoms with Crippen LogP contribution in [0.15, 0.2) is 24.4 Å². The molecule has 0 fully saturated rings. The van der Waals surface area contributed by atoms with E-state index < -0.39 is 0 Å². The van der Waals surface area contributed by atoms with E-state index in [0.717, 1.165) is 31.5 Å². The number of tetrazole rings is 1. The van der Waals surface area contributed by atoms with Gasteiger partial charge in [0.25, 0.3) is 0 Å². The van der Waals surface area contributed by atoms with Gasteiger partial charge in [-0.05, 0) is 48.0 Å². The summed E-state index contributed by atoms with van der Waals surface area (Å²) in [5.41, 5.74) is 0.782. The van der Waals surface area contributed by atoms with Gasteiger partial charge in [0.2, 0.25) is 5.82 Å². The van der Waals surface area contributed by atoms with Crippen LogP contribution in [0.4, 0.5) is 0 Å². The van der Waals surface area contributed by atoms with Gasteiger partial charge in [0, 0.05) is 12.7 Å². The second-order valence-corrected chi connectivity index (χ2v) is 3.64. The molecule has 0 bridgehead atoms. The second-order valence-electron chi connectivity index (χ2n) is 3.64. The standard InChI is InChI=1S/C11H14N6/c12-7-3-1-5-9-17-11(14-15-16-17)10-6-2-4-8-13-10/h2,4,6-8,12H,1,3,5,9H2. The van der Waals surface area contributed by atoms with Crippen LogP contribution in [0, 0.1) is 5.41 Å². The maximum atomic E-state index is 6.95. The molecule has 0 atom stereocenters. The van der Waals surface area contributed by atoms with Crippen molar-refractivity contribution in [2.75, 3.05) is 0 Å². The fourth-order valence-corrected chi connectivity index (χ4v) is 1.54. The number of aryl methyl sites for hydroxylation is 1. The first kappa shape index (κ1) is 11.4. The van der Waals surface area contributed by atoms with Crippen molar-refractivity contribution in [1.82, 2.24) is 25.2 Å². The highest BCUT2D eigenvalue weighted by Crippen LogP contribution is 2.12. The Labute approximate surface area is 99.2 Å². The monoisotopic (exact) mass is 230 g/mol. The zero-order valence-electron chi connectivity index (χ0n) is 9.45. The predicted molar refractivity (Wildman–Crippen MR) is 63.7 cm³/mol. The minimum atomic E-state index is 0.695. The SMILES string of the molecule is N=CCCCCn1nnnc1-c1ccccn1. The number of unbranched alkanes of at least 4 members (excludes halogenated alkanes) is 2. The number of aromatic nitrogens is 5. The molecule has 0 aliphatic carbocycles. The first-order chi connectivity index (χ1) is 8.42. The van der Waals surface area contributed by atoms with Gasteiger partial charge in [-0.25, -0.2) is 4.68 Å². The van der Waals surface area contributed by atoms with Crippen molar-refractivity contribution in [1.29, 1.82) is 5.41 Å². The van der Waals surface area contributed by atoms with Crippen LogP contribution in [0.3, 0.4) is 0 Å². The first-order valence-corrected chi connectivity index (χ1v) is 5.58. The van der Waals surface area contributed by atoms with E-state index in [9.17, 15) is 0 Å². The van der Waals surface area contributed by atoms with Gasteiger partial charge in [-0.2, -0.15) is 0 Å². The number of rotatable bonds is 6. The van der Waals surface area contributed by atoms with Gasteiger partial charge in [-0.15, -0.1) is 5.10 Å². The van der Waals surface area contributed by atoms with Crippen molar-refractivity contribution in [3.05, 3.63) is 24.4 Å². The number of hydrogen-bond acceptors (Lipinski definition) is 5. The third-order valence-electron chi connectivity index (χ3n) is 2.39.